The molecule has 0 unspecified atom stereocenters. The number of amides is 1. The van der Waals surface area contributed by atoms with Crippen LogP contribution in [0.5, 0.6) is 0 Å². The van der Waals surface area contributed by atoms with Crippen molar-refractivity contribution in [3.05, 3.63) is 77.1 Å². The van der Waals surface area contributed by atoms with Crippen LogP contribution >= 0.6 is 0 Å². The van der Waals surface area contributed by atoms with Gasteiger partial charge in [-0.2, -0.15) is 0 Å². The van der Waals surface area contributed by atoms with Gasteiger partial charge < -0.3 is 10.2 Å². The third-order valence-corrected chi connectivity index (χ3v) is 5.02. The monoisotopic (exact) mass is 358 g/mol. The zero-order valence-electron chi connectivity index (χ0n) is 15.6. The van der Waals surface area contributed by atoms with Crippen molar-refractivity contribution in [1.82, 2.24) is 9.97 Å². The summed E-state index contributed by atoms with van der Waals surface area (Å²) >= 11 is 0. The summed E-state index contributed by atoms with van der Waals surface area (Å²) in [7, 11) is 0. The molecule has 1 amide bonds. The van der Waals surface area contributed by atoms with Crippen molar-refractivity contribution in [1.29, 1.82) is 0 Å². The van der Waals surface area contributed by atoms with Gasteiger partial charge in [0.2, 0.25) is 5.95 Å². The van der Waals surface area contributed by atoms with Gasteiger partial charge in [0.25, 0.3) is 5.91 Å². The molecule has 0 bridgehead atoms. The summed E-state index contributed by atoms with van der Waals surface area (Å²) in [6.07, 6.45) is 5.32. The molecule has 2 aromatic carbocycles. The maximum atomic E-state index is 12.5. The Morgan fingerprint density at radius 3 is 2.59 bits per heavy atom. The summed E-state index contributed by atoms with van der Waals surface area (Å²) in [6, 6.07) is 14.2. The van der Waals surface area contributed by atoms with Crippen LogP contribution in [0.4, 0.5) is 17.3 Å². The number of rotatable bonds is 3. The Morgan fingerprint density at radius 2 is 1.81 bits per heavy atom. The van der Waals surface area contributed by atoms with Crippen LogP contribution in [0.15, 0.2) is 54.9 Å². The normalized spacial score (nSPS) is 13.2. The van der Waals surface area contributed by atoms with Gasteiger partial charge in [0.05, 0.1) is 5.56 Å². The second-order valence-electron chi connectivity index (χ2n) is 6.91. The van der Waals surface area contributed by atoms with Crippen molar-refractivity contribution in [2.75, 3.05) is 16.8 Å². The highest BCUT2D eigenvalue weighted by molar-refractivity contribution is 6.04. The number of nitrogens with zero attached hydrogens (tertiary/aromatic N) is 3. The van der Waals surface area contributed by atoms with Crippen LogP contribution in [0.25, 0.3) is 0 Å². The average Bonchev–Trinajstić information content (AvgIpc) is 2.70. The van der Waals surface area contributed by atoms with Crippen molar-refractivity contribution >= 4 is 23.2 Å². The standard InChI is InChI=1S/C22H22N4O/c1-15-9-10-19(12-16(15)2)25-21(27)18-13-23-22(24-14-18)26-11-5-7-17-6-3-4-8-20(17)26/h3-4,6,8-10,12-14H,5,7,11H2,1-2H3,(H,25,27). The summed E-state index contributed by atoms with van der Waals surface area (Å²) in [5.74, 6) is 0.425. The number of nitrogens with one attached hydrogen (secondary N) is 1. The number of benzene rings is 2. The van der Waals surface area contributed by atoms with Crippen molar-refractivity contribution < 1.29 is 4.79 Å². The van der Waals surface area contributed by atoms with E-state index in [1.807, 2.05) is 38.1 Å². The number of anilines is 3. The lowest BCUT2D eigenvalue weighted by molar-refractivity contribution is 0.102. The van der Waals surface area contributed by atoms with Gasteiger partial charge in [-0.25, -0.2) is 9.97 Å². The van der Waals surface area contributed by atoms with E-state index in [-0.39, 0.29) is 5.91 Å². The zero-order chi connectivity index (χ0) is 18.8. The molecule has 4 rings (SSSR count). The number of carbonyl (C=O) groups is 1. The Morgan fingerprint density at radius 1 is 1.04 bits per heavy atom. The molecule has 1 N–H and O–H groups in total. The minimum Gasteiger partial charge on any atom is -0.322 e. The van der Waals surface area contributed by atoms with Gasteiger partial charge in [0.15, 0.2) is 0 Å². The SMILES string of the molecule is Cc1ccc(NC(=O)c2cnc(N3CCCc4ccccc43)nc2)cc1C. The summed E-state index contributed by atoms with van der Waals surface area (Å²) in [6.45, 7) is 4.96. The van der Waals surface area contributed by atoms with Gasteiger partial charge in [0.1, 0.15) is 0 Å². The molecule has 0 spiro atoms. The quantitative estimate of drug-likeness (QED) is 0.752. The van der Waals surface area contributed by atoms with Crippen LogP contribution < -0.4 is 10.2 Å². The summed E-state index contributed by atoms with van der Waals surface area (Å²) in [4.78, 5) is 23.5. The first-order chi connectivity index (χ1) is 13.1. The number of aromatic nitrogens is 2. The van der Waals surface area contributed by atoms with Crippen molar-refractivity contribution in [3.63, 3.8) is 0 Å². The average molecular weight is 358 g/mol. The van der Waals surface area contributed by atoms with E-state index in [2.05, 4.69) is 38.4 Å². The predicted octanol–water partition coefficient (Wildman–Crippen LogP) is 4.43. The second kappa shape index (κ2) is 7.19. The predicted molar refractivity (Wildman–Crippen MR) is 108 cm³/mol. The molecule has 136 valence electrons. The fourth-order valence-electron chi connectivity index (χ4n) is 3.34. The van der Waals surface area contributed by atoms with Gasteiger partial charge in [-0.1, -0.05) is 24.3 Å². The van der Waals surface area contributed by atoms with Gasteiger partial charge >= 0.3 is 0 Å². The van der Waals surface area contributed by atoms with Crippen molar-refractivity contribution in [2.24, 2.45) is 0 Å². The third kappa shape index (κ3) is 3.53. The first kappa shape index (κ1) is 17.2. The van der Waals surface area contributed by atoms with E-state index < -0.39 is 0 Å². The Hall–Kier alpha value is -3.21. The highest BCUT2D eigenvalue weighted by Gasteiger charge is 2.20. The fraction of sp³-hybridized carbons (Fsp3) is 0.227. The molecule has 27 heavy (non-hydrogen) atoms. The summed E-state index contributed by atoms with van der Waals surface area (Å²) < 4.78 is 0. The maximum absolute atomic E-state index is 12.5. The van der Waals surface area contributed by atoms with Gasteiger partial charge in [-0.15, -0.1) is 0 Å². The van der Waals surface area contributed by atoms with Crippen LogP contribution in [0.3, 0.4) is 0 Å². The van der Waals surface area contributed by atoms with E-state index in [1.54, 1.807) is 12.4 Å². The van der Waals surface area contributed by atoms with Gasteiger partial charge in [-0.3, -0.25) is 4.79 Å². The minimum absolute atomic E-state index is 0.205. The lowest BCUT2D eigenvalue weighted by Gasteiger charge is -2.29. The third-order valence-electron chi connectivity index (χ3n) is 5.02. The number of para-hydroxylation sites is 1. The largest absolute Gasteiger partial charge is 0.322 e. The number of aryl methyl sites for hydroxylation is 3. The number of fused-ring (bicyclic) bond motifs is 1. The molecule has 5 nitrogen and oxygen atoms in total. The molecule has 0 fully saturated rings. The topological polar surface area (TPSA) is 58.1 Å². The molecule has 2 heterocycles. The molecular formula is C22H22N4O. The molecule has 5 heteroatoms. The Kier molecular flexibility index (Phi) is 4.59. The van der Waals surface area contributed by atoms with Gasteiger partial charge in [-0.05, 0) is 61.6 Å². The number of hydrogen-bond acceptors (Lipinski definition) is 4. The summed E-state index contributed by atoms with van der Waals surface area (Å²) in [5, 5.41) is 2.91. The number of carbonyl (C=O) groups excluding carboxylic acids is 1. The fourth-order valence-corrected chi connectivity index (χ4v) is 3.34. The first-order valence-electron chi connectivity index (χ1n) is 9.18. The van der Waals surface area contributed by atoms with Crippen LogP contribution in [-0.4, -0.2) is 22.4 Å². The lowest BCUT2D eigenvalue weighted by atomic mass is 10.0. The highest BCUT2D eigenvalue weighted by Crippen LogP contribution is 2.31. The van der Waals surface area contributed by atoms with Crippen LogP contribution in [0.2, 0.25) is 0 Å². The second-order valence-corrected chi connectivity index (χ2v) is 6.91. The van der Waals surface area contributed by atoms with Crippen LogP contribution in [-0.2, 0) is 6.42 Å². The van der Waals surface area contributed by atoms with E-state index in [1.165, 1.54) is 11.1 Å². The zero-order valence-corrected chi connectivity index (χ0v) is 15.6. The van der Waals surface area contributed by atoms with Gasteiger partial charge in [0, 0.05) is 30.3 Å². The van der Waals surface area contributed by atoms with E-state index in [0.717, 1.165) is 36.3 Å². The molecule has 0 atom stereocenters. The molecule has 0 aliphatic carbocycles. The van der Waals surface area contributed by atoms with Crippen LogP contribution in [0, 0.1) is 13.8 Å². The highest BCUT2D eigenvalue weighted by atomic mass is 16.1. The van der Waals surface area contributed by atoms with E-state index >= 15 is 0 Å². The maximum Gasteiger partial charge on any atom is 0.258 e. The van der Waals surface area contributed by atoms with E-state index in [4.69, 9.17) is 0 Å². The molecule has 0 radical (unpaired) electrons. The Balaban J connectivity index is 1.52. The first-order valence-corrected chi connectivity index (χ1v) is 9.18. The molecular weight excluding hydrogens is 336 g/mol. The summed E-state index contributed by atoms with van der Waals surface area (Å²) in [5.41, 5.74) is 6.02. The molecule has 1 aliphatic rings. The molecule has 0 saturated carbocycles. The van der Waals surface area contributed by atoms with Crippen LogP contribution in [0.1, 0.15) is 33.5 Å². The Bertz CT molecular complexity index is 982. The molecule has 1 aliphatic heterocycles. The molecule has 0 saturated heterocycles. The van der Waals surface area contributed by atoms with Crippen molar-refractivity contribution in [3.8, 4) is 0 Å². The Labute approximate surface area is 159 Å². The number of hydrogen-bond donors (Lipinski definition) is 1. The molecule has 3 aromatic rings. The van der Waals surface area contributed by atoms with E-state index in [0.29, 0.717) is 11.5 Å². The minimum atomic E-state index is -0.205. The lowest BCUT2D eigenvalue weighted by Crippen LogP contribution is -2.26. The molecule has 1 aromatic heterocycles. The smallest absolute Gasteiger partial charge is 0.258 e. The van der Waals surface area contributed by atoms with Crippen molar-refractivity contribution in [2.45, 2.75) is 26.7 Å². The van der Waals surface area contributed by atoms with E-state index in [9.17, 15) is 4.79 Å².